The van der Waals surface area contributed by atoms with Crippen LogP contribution in [0.25, 0.3) is 0 Å². The maximum atomic E-state index is 11.3. The highest BCUT2D eigenvalue weighted by atomic mass is 16.5. The van der Waals surface area contributed by atoms with E-state index in [1.807, 2.05) is 26.0 Å². The molecule has 0 spiro atoms. The third kappa shape index (κ3) is 2.97. The lowest BCUT2D eigenvalue weighted by Gasteiger charge is -2.12. The van der Waals surface area contributed by atoms with Crippen molar-refractivity contribution in [2.45, 2.75) is 20.3 Å². The molecule has 0 unspecified atom stereocenters. The van der Waals surface area contributed by atoms with E-state index in [2.05, 4.69) is 5.32 Å². The van der Waals surface area contributed by atoms with Gasteiger partial charge in [0.15, 0.2) is 0 Å². The van der Waals surface area contributed by atoms with Crippen LogP contribution in [0.15, 0.2) is 12.1 Å². The van der Waals surface area contributed by atoms with Crippen molar-refractivity contribution in [3.63, 3.8) is 0 Å². The predicted molar refractivity (Wildman–Crippen MR) is 62.8 cm³/mol. The second kappa shape index (κ2) is 5.51. The molecule has 2 N–H and O–H groups in total. The standard InChI is InChI=1S/C12H17NO3/c1-8-7-11(16-3)9(2)6-10(8)13-12(15)4-5-14/h6-7,14H,4-5H2,1-3H3,(H,13,15). The van der Waals surface area contributed by atoms with Crippen molar-refractivity contribution in [1.29, 1.82) is 0 Å². The Bertz CT molecular complexity index is 388. The molecule has 16 heavy (non-hydrogen) atoms. The molecule has 1 aromatic carbocycles. The lowest BCUT2D eigenvalue weighted by atomic mass is 10.1. The lowest BCUT2D eigenvalue weighted by molar-refractivity contribution is -0.116. The zero-order valence-electron chi connectivity index (χ0n) is 9.83. The number of carbonyl (C=O) groups is 1. The van der Waals surface area contributed by atoms with E-state index in [4.69, 9.17) is 9.84 Å². The maximum absolute atomic E-state index is 11.3. The molecule has 1 amide bonds. The summed E-state index contributed by atoms with van der Waals surface area (Å²) in [4.78, 5) is 11.3. The largest absolute Gasteiger partial charge is 0.496 e. The number of amides is 1. The Hall–Kier alpha value is -1.55. The van der Waals surface area contributed by atoms with Crippen LogP contribution in [0.1, 0.15) is 17.5 Å². The number of anilines is 1. The molecule has 1 rings (SSSR count). The van der Waals surface area contributed by atoms with Crippen LogP contribution in [-0.4, -0.2) is 24.7 Å². The molecule has 0 saturated heterocycles. The van der Waals surface area contributed by atoms with Crippen molar-refractivity contribution in [2.75, 3.05) is 19.0 Å². The minimum Gasteiger partial charge on any atom is -0.496 e. The number of hydrogen-bond donors (Lipinski definition) is 2. The smallest absolute Gasteiger partial charge is 0.226 e. The van der Waals surface area contributed by atoms with Crippen LogP contribution in [0, 0.1) is 13.8 Å². The normalized spacial score (nSPS) is 10.0. The number of rotatable bonds is 4. The van der Waals surface area contributed by atoms with Crippen LogP contribution < -0.4 is 10.1 Å². The van der Waals surface area contributed by atoms with E-state index in [1.54, 1.807) is 7.11 Å². The molecule has 0 aliphatic heterocycles. The van der Waals surface area contributed by atoms with Crippen LogP contribution in [0.5, 0.6) is 5.75 Å². The van der Waals surface area contributed by atoms with Crippen molar-refractivity contribution < 1.29 is 14.6 Å². The minimum atomic E-state index is -0.185. The zero-order valence-corrected chi connectivity index (χ0v) is 9.83. The summed E-state index contributed by atoms with van der Waals surface area (Å²) in [5, 5.41) is 11.4. The van der Waals surface area contributed by atoms with E-state index in [0.717, 1.165) is 22.6 Å². The zero-order chi connectivity index (χ0) is 12.1. The van der Waals surface area contributed by atoms with Gasteiger partial charge in [0.25, 0.3) is 0 Å². The van der Waals surface area contributed by atoms with Crippen LogP contribution in [0.2, 0.25) is 0 Å². The predicted octanol–water partition coefficient (Wildman–Crippen LogP) is 1.63. The monoisotopic (exact) mass is 223 g/mol. The second-order valence-corrected chi connectivity index (χ2v) is 3.66. The summed E-state index contributed by atoms with van der Waals surface area (Å²) in [6, 6.07) is 3.74. The molecule has 0 aromatic heterocycles. The third-order valence-corrected chi connectivity index (χ3v) is 2.35. The Labute approximate surface area is 95.2 Å². The molecule has 0 aliphatic rings. The van der Waals surface area contributed by atoms with Crippen LogP contribution in [0.4, 0.5) is 5.69 Å². The fraction of sp³-hybridized carbons (Fsp3) is 0.417. The average molecular weight is 223 g/mol. The highest BCUT2D eigenvalue weighted by Crippen LogP contribution is 2.25. The molecule has 4 nitrogen and oxygen atoms in total. The van der Waals surface area contributed by atoms with Gasteiger partial charge in [0.2, 0.25) is 5.91 Å². The van der Waals surface area contributed by atoms with E-state index in [1.165, 1.54) is 0 Å². The van der Waals surface area contributed by atoms with Crippen molar-refractivity contribution in [2.24, 2.45) is 0 Å². The number of aliphatic hydroxyl groups excluding tert-OH is 1. The molecule has 0 bridgehead atoms. The first-order chi connectivity index (χ1) is 7.58. The molecule has 0 saturated carbocycles. The fourth-order valence-corrected chi connectivity index (χ4v) is 1.46. The van der Waals surface area contributed by atoms with Gasteiger partial charge in [0.1, 0.15) is 5.75 Å². The van der Waals surface area contributed by atoms with Gasteiger partial charge in [-0.1, -0.05) is 0 Å². The highest BCUT2D eigenvalue weighted by molar-refractivity contribution is 5.91. The SMILES string of the molecule is COc1cc(C)c(NC(=O)CCO)cc1C. The number of aliphatic hydroxyl groups is 1. The van der Waals surface area contributed by atoms with E-state index in [9.17, 15) is 4.79 Å². The number of hydrogen-bond acceptors (Lipinski definition) is 3. The number of benzene rings is 1. The van der Waals surface area contributed by atoms with Crippen LogP contribution >= 0.6 is 0 Å². The van der Waals surface area contributed by atoms with Crippen LogP contribution in [-0.2, 0) is 4.79 Å². The Kier molecular flexibility index (Phi) is 4.31. The maximum Gasteiger partial charge on any atom is 0.226 e. The summed E-state index contributed by atoms with van der Waals surface area (Å²) in [5.41, 5.74) is 2.66. The number of methoxy groups -OCH3 is 1. The molecule has 88 valence electrons. The summed E-state index contributed by atoms with van der Waals surface area (Å²) < 4.78 is 5.18. The minimum absolute atomic E-state index is 0.116. The van der Waals surface area contributed by atoms with Gasteiger partial charge in [-0.15, -0.1) is 0 Å². The molecular weight excluding hydrogens is 206 g/mol. The molecule has 0 heterocycles. The van der Waals surface area contributed by atoms with E-state index >= 15 is 0 Å². The van der Waals surface area contributed by atoms with Gasteiger partial charge >= 0.3 is 0 Å². The Morgan fingerprint density at radius 1 is 1.38 bits per heavy atom. The summed E-state index contributed by atoms with van der Waals surface area (Å²) in [5.74, 6) is 0.618. The van der Waals surface area contributed by atoms with Gasteiger partial charge < -0.3 is 15.2 Å². The van der Waals surface area contributed by atoms with Crippen LogP contribution in [0.3, 0.4) is 0 Å². The summed E-state index contributed by atoms with van der Waals surface area (Å²) >= 11 is 0. The second-order valence-electron chi connectivity index (χ2n) is 3.66. The molecule has 0 radical (unpaired) electrons. The van der Waals surface area contributed by atoms with Gasteiger partial charge in [0.05, 0.1) is 20.1 Å². The quantitative estimate of drug-likeness (QED) is 0.815. The van der Waals surface area contributed by atoms with E-state index in [0.29, 0.717) is 0 Å². The molecule has 0 aliphatic carbocycles. The molecule has 4 heteroatoms. The summed E-state index contributed by atoms with van der Waals surface area (Å²) in [6.07, 6.45) is 0.116. The topological polar surface area (TPSA) is 58.6 Å². The first-order valence-electron chi connectivity index (χ1n) is 5.14. The number of aryl methyl sites for hydroxylation is 2. The van der Waals surface area contributed by atoms with E-state index in [-0.39, 0.29) is 18.9 Å². The first kappa shape index (κ1) is 12.5. The van der Waals surface area contributed by atoms with Crippen molar-refractivity contribution in [3.8, 4) is 5.75 Å². The highest BCUT2D eigenvalue weighted by Gasteiger charge is 2.07. The van der Waals surface area contributed by atoms with Gasteiger partial charge in [-0.3, -0.25) is 4.79 Å². The van der Waals surface area contributed by atoms with Crippen molar-refractivity contribution >= 4 is 11.6 Å². The third-order valence-electron chi connectivity index (χ3n) is 2.35. The van der Waals surface area contributed by atoms with Crippen molar-refractivity contribution in [3.05, 3.63) is 23.3 Å². The van der Waals surface area contributed by atoms with Crippen molar-refractivity contribution in [1.82, 2.24) is 0 Å². The Balaban J connectivity index is 2.89. The lowest BCUT2D eigenvalue weighted by Crippen LogP contribution is -2.13. The summed E-state index contributed by atoms with van der Waals surface area (Å²) in [6.45, 7) is 3.68. The Morgan fingerprint density at radius 3 is 2.62 bits per heavy atom. The number of carbonyl (C=O) groups excluding carboxylic acids is 1. The summed E-state index contributed by atoms with van der Waals surface area (Å²) in [7, 11) is 1.62. The first-order valence-corrected chi connectivity index (χ1v) is 5.14. The fourth-order valence-electron chi connectivity index (χ4n) is 1.46. The van der Waals surface area contributed by atoms with Gasteiger partial charge in [-0.2, -0.15) is 0 Å². The number of ether oxygens (including phenoxy) is 1. The van der Waals surface area contributed by atoms with Gasteiger partial charge in [-0.25, -0.2) is 0 Å². The molecular formula is C12H17NO3. The molecule has 1 aromatic rings. The number of nitrogens with one attached hydrogen (secondary N) is 1. The Morgan fingerprint density at radius 2 is 2.06 bits per heavy atom. The molecule has 0 atom stereocenters. The average Bonchev–Trinajstić information content (AvgIpc) is 2.23. The van der Waals surface area contributed by atoms with Gasteiger partial charge in [-0.05, 0) is 37.1 Å². The van der Waals surface area contributed by atoms with Gasteiger partial charge in [0, 0.05) is 5.69 Å². The van der Waals surface area contributed by atoms with E-state index < -0.39 is 0 Å². The molecule has 0 fully saturated rings.